The van der Waals surface area contributed by atoms with Gasteiger partial charge in [0.15, 0.2) is 0 Å². The van der Waals surface area contributed by atoms with Gasteiger partial charge in [-0.15, -0.1) is 0 Å². The molecule has 1 rings (SSSR count). The smallest absolute Gasteiger partial charge is 0.337 e. The van der Waals surface area contributed by atoms with Crippen LogP contribution in [-0.2, 0) is 9.47 Å². The fraction of sp³-hybridized carbons (Fsp3) is 0.300. The third-order valence-electron chi connectivity index (χ3n) is 1.78. The van der Waals surface area contributed by atoms with Crippen LogP contribution in [0.5, 0.6) is 0 Å². The van der Waals surface area contributed by atoms with Crippen LogP contribution in [0.15, 0.2) is 18.3 Å². The van der Waals surface area contributed by atoms with Crippen LogP contribution in [0.2, 0.25) is 0 Å². The maximum atomic E-state index is 11.2. The minimum atomic E-state index is -0.441. The minimum Gasteiger partial charge on any atom is -0.465 e. The second-order valence-corrected chi connectivity index (χ2v) is 2.83. The van der Waals surface area contributed by atoms with Crippen LogP contribution in [0.25, 0.3) is 0 Å². The Hall–Kier alpha value is -1.75. The average Bonchev–Trinajstić information content (AvgIpc) is 2.28. The zero-order chi connectivity index (χ0) is 11.3. The summed E-state index contributed by atoms with van der Waals surface area (Å²) in [5.74, 6) is -0.441. The van der Waals surface area contributed by atoms with Crippen molar-refractivity contribution in [1.82, 2.24) is 4.98 Å². The fourth-order valence-corrected chi connectivity index (χ4v) is 1.06. The molecule has 1 heterocycles. The SMILES string of the molecule is COCC(=N)c1cc(C(=O)OC)ccn1. The number of nitrogens with one attached hydrogen (secondary N) is 1. The van der Waals surface area contributed by atoms with E-state index in [-0.39, 0.29) is 12.3 Å². The monoisotopic (exact) mass is 208 g/mol. The Kier molecular flexibility index (Phi) is 3.93. The van der Waals surface area contributed by atoms with E-state index in [0.717, 1.165) is 0 Å². The molecule has 0 fully saturated rings. The number of carbonyl (C=O) groups excluding carboxylic acids is 1. The molecule has 0 spiro atoms. The van der Waals surface area contributed by atoms with Gasteiger partial charge in [0, 0.05) is 13.3 Å². The summed E-state index contributed by atoms with van der Waals surface area (Å²) in [4.78, 5) is 15.2. The predicted molar refractivity (Wildman–Crippen MR) is 54.3 cm³/mol. The van der Waals surface area contributed by atoms with E-state index < -0.39 is 5.97 Å². The summed E-state index contributed by atoms with van der Waals surface area (Å²) in [6.07, 6.45) is 1.46. The molecule has 0 radical (unpaired) electrons. The molecule has 15 heavy (non-hydrogen) atoms. The largest absolute Gasteiger partial charge is 0.465 e. The first kappa shape index (κ1) is 11.3. The van der Waals surface area contributed by atoms with E-state index in [4.69, 9.17) is 10.1 Å². The van der Waals surface area contributed by atoms with Crippen LogP contribution in [0.1, 0.15) is 16.1 Å². The lowest BCUT2D eigenvalue weighted by atomic mass is 10.2. The molecule has 5 nitrogen and oxygen atoms in total. The quantitative estimate of drug-likeness (QED) is 0.589. The molecule has 1 N–H and O–H groups in total. The van der Waals surface area contributed by atoms with E-state index in [1.54, 1.807) is 0 Å². The number of rotatable bonds is 4. The summed E-state index contributed by atoms with van der Waals surface area (Å²) in [6, 6.07) is 3.04. The number of hydrogen-bond donors (Lipinski definition) is 1. The van der Waals surface area contributed by atoms with Crippen molar-refractivity contribution in [2.24, 2.45) is 0 Å². The van der Waals surface area contributed by atoms with Gasteiger partial charge in [-0.3, -0.25) is 4.98 Å². The molecule has 0 unspecified atom stereocenters. The first-order valence-electron chi connectivity index (χ1n) is 4.30. The van der Waals surface area contributed by atoms with Crippen molar-refractivity contribution >= 4 is 11.7 Å². The zero-order valence-corrected chi connectivity index (χ0v) is 8.61. The molecule has 1 aromatic heterocycles. The highest BCUT2D eigenvalue weighted by molar-refractivity contribution is 5.99. The van der Waals surface area contributed by atoms with Crippen LogP contribution < -0.4 is 0 Å². The van der Waals surface area contributed by atoms with Gasteiger partial charge in [0.2, 0.25) is 0 Å². The van der Waals surface area contributed by atoms with Gasteiger partial charge >= 0.3 is 5.97 Å². The standard InChI is InChI=1S/C10H12N2O3/c1-14-6-8(11)9-5-7(3-4-12-9)10(13)15-2/h3-5,11H,6H2,1-2H3. The summed E-state index contributed by atoms with van der Waals surface area (Å²) in [6.45, 7) is 0.164. The Labute approximate surface area is 87.5 Å². The average molecular weight is 208 g/mol. The number of aromatic nitrogens is 1. The van der Waals surface area contributed by atoms with E-state index in [1.165, 1.54) is 32.5 Å². The lowest BCUT2D eigenvalue weighted by Crippen LogP contribution is -2.11. The molecule has 0 saturated heterocycles. The van der Waals surface area contributed by atoms with E-state index in [2.05, 4.69) is 9.72 Å². The molecule has 5 heteroatoms. The van der Waals surface area contributed by atoms with Gasteiger partial charge in [-0.1, -0.05) is 0 Å². The van der Waals surface area contributed by atoms with Crippen molar-refractivity contribution in [2.75, 3.05) is 20.8 Å². The van der Waals surface area contributed by atoms with Gasteiger partial charge in [-0.05, 0) is 12.1 Å². The number of carbonyl (C=O) groups is 1. The van der Waals surface area contributed by atoms with E-state index in [9.17, 15) is 4.79 Å². The molecule has 0 aromatic carbocycles. The Morgan fingerprint density at radius 1 is 1.53 bits per heavy atom. The van der Waals surface area contributed by atoms with Gasteiger partial charge in [0.25, 0.3) is 0 Å². The van der Waals surface area contributed by atoms with Gasteiger partial charge in [-0.2, -0.15) is 0 Å². The summed E-state index contributed by atoms with van der Waals surface area (Å²) >= 11 is 0. The Morgan fingerprint density at radius 2 is 2.27 bits per heavy atom. The van der Waals surface area contributed by atoms with Crippen molar-refractivity contribution in [2.45, 2.75) is 0 Å². The highest BCUT2D eigenvalue weighted by Crippen LogP contribution is 2.04. The number of ether oxygens (including phenoxy) is 2. The fourth-order valence-electron chi connectivity index (χ4n) is 1.06. The van der Waals surface area contributed by atoms with Gasteiger partial charge in [0.05, 0.1) is 30.7 Å². The molecule has 0 bridgehead atoms. The molecule has 80 valence electrons. The Morgan fingerprint density at radius 3 is 2.87 bits per heavy atom. The van der Waals surface area contributed by atoms with Gasteiger partial charge in [0.1, 0.15) is 0 Å². The number of methoxy groups -OCH3 is 2. The van der Waals surface area contributed by atoms with Crippen molar-refractivity contribution in [3.05, 3.63) is 29.6 Å². The highest BCUT2D eigenvalue weighted by atomic mass is 16.5. The Bertz CT molecular complexity index is 377. The maximum absolute atomic E-state index is 11.2. The minimum absolute atomic E-state index is 0.164. The third kappa shape index (κ3) is 2.85. The first-order valence-corrected chi connectivity index (χ1v) is 4.30. The van der Waals surface area contributed by atoms with E-state index in [0.29, 0.717) is 11.3 Å². The molecule has 1 aromatic rings. The van der Waals surface area contributed by atoms with Gasteiger partial charge in [-0.25, -0.2) is 4.79 Å². The molecule has 0 saturated carbocycles. The lowest BCUT2D eigenvalue weighted by Gasteiger charge is -2.03. The summed E-state index contributed by atoms with van der Waals surface area (Å²) in [5, 5.41) is 7.58. The van der Waals surface area contributed by atoms with Crippen LogP contribution in [-0.4, -0.2) is 37.5 Å². The highest BCUT2D eigenvalue weighted by Gasteiger charge is 2.08. The Balaban J connectivity index is 2.92. The van der Waals surface area contributed by atoms with E-state index >= 15 is 0 Å². The third-order valence-corrected chi connectivity index (χ3v) is 1.78. The summed E-state index contributed by atoms with van der Waals surface area (Å²) in [5.41, 5.74) is 1.02. The molecule has 0 aliphatic carbocycles. The second-order valence-electron chi connectivity index (χ2n) is 2.83. The van der Waals surface area contributed by atoms with Crippen LogP contribution in [0.3, 0.4) is 0 Å². The van der Waals surface area contributed by atoms with E-state index in [1.807, 2.05) is 0 Å². The second kappa shape index (κ2) is 5.21. The zero-order valence-electron chi connectivity index (χ0n) is 8.61. The van der Waals surface area contributed by atoms with Crippen molar-refractivity contribution in [1.29, 1.82) is 5.41 Å². The van der Waals surface area contributed by atoms with Crippen LogP contribution in [0, 0.1) is 5.41 Å². The number of esters is 1. The molecule has 0 atom stereocenters. The summed E-state index contributed by atoms with van der Waals surface area (Å²) < 4.78 is 9.37. The normalized spacial score (nSPS) is 9.73. The predicted octanol–water partition coefficient (Wildman–Crippen LogP) is 0.882. The number of hydrogen-bond acceptors (Lipinski definition) is 5. The lowest BCUT2D eigenvalue weighted by molar-refractivity contribution is 0.0600. The van der Waals surface area contributed by atoms with Crippen LogP contribution in [0.4, 0.5) is 0 Å². The molecule has 0 aliphatic rings. The van der Waals surface area contributed by atoms with Crippen molar-refractivity contribution < 1.29 is 14.3 Å². The van der Waals surface area contributed by atoms with Crippen molar-refractivity contribution in [3.63, 3.8) is 0 Å². The molecule has 0 aliphatic heterocycles. The first-order chi connectivity index (χ1) is 7.19. The summed E-state index contributed by atoms with van der Waals surface area (Å²) in [7, 11) is 2.81. The van der Waals surface area contributed by atoms with Gasteiger partial charge < -0.3 is 14.9 Å². The van der Waals surface area contributed by atoms with Crippen molar-refractivity contribution in [3.8, 4) is 0 Å². The topological polar surface area (TPSA) is 72.3 Å². The number of pyridine rings is 1. The maximum Gasteiger partial charge on any atom is 0.337 e. The number of nitrogens with zero attached hydrogens (tertiary/aromatic N) is 1. The molecular formula is C10H12N2O3. The van der Waals surface area contributed by atoms with Crippen LogP contribution >= 0.6 is 0 Å². The molecule has 0 amide bonds. The molecular weight excluding hydrogens is 196 g/mol.